The van der Waals surface area contributed by atoms with Crippen LogP contribution in [0.15, 0.2) is 36.5 Å². The fourth-order valence-corrected chi connectivity index (χ4v) is 4.22. The van der Waals surface area contributed by atoms with E-state index in [2.05, 4.69) is 4.98 Å². The third-order valence-corrected chi connectivity index (χ3v) is 5.93. The molecule has 0 bridgehead atoms. The second-order valence-corrected chi connectivity index (χ2v) is 8.02. The number of hydrogen-bond donors (Lipinski definition) is 2. The number of amides is 1. The van der Waals surface area contributed by atoms with Crippen molar-refractivity contribution in [2.45, 2.75) is 44.8 Å². The average Bonchev–Trinajstić information content (AvgIpc) is 3.08. The first-order valence-corrected chi connectivity index (χ1v) is 10.5. The molecule has 0 saturated heterocycles. The number of aliphatic carboxylic acids is 1. The van der Waals surface area contributed by atoms with Crippen LogP contribution in [0.2, 0.25) is 0 Å². The molecule has 168 valence electrons. The number of aromatic nitrogens is 2. The van der Waals surface area contributed by atoms with E-state index in [9.17, 15) is 18.4 Å². The van der Waals surface area contributed by atoms with E-state index < -0.39 is 23.6 Å². The molecule has 7 nitrogen and oxygen atoms in total. The molecule has 3 heterocycles. The van der Waals surface area contributed by atoms with Gasteiger partial charge in [0.2, 0.25) is 5.91 Å². The van der Waals surface area contributed by atoms with Crippen molar-refractivity contribution in [3.8, 4) is 0 Å². The van der Waals surface area contributed by atoms with E-state index in [-0.39, 0.29) is 25.3 Å². The number of nitrogens with zero attached hydrogens (tertiary/aromatic N) is 3. The number of carbonyl (C=O) groups is 2. The van der Waals surface area contributed by atoms with Crippen LogP contribution < -0.4 is 5.73 Å². The summed E-state index contributed by atoms with van der Waals surface area (Å²) in [5.74, 6) is -2.42. The van der Waals surface area contributed by atoms with Crippen molar-refractivity contribution >= 4 is 22.9 Å². The molecule has 4 rings (SSSR count). The molecule has 0 saturated carbocycles. The number of rotatable bonds is 7. The Morgan fingerprint density at radius 2 is 2.06 bits per heavy atom. The summed E-state index contributed by atoms with van der Waals surface area (Å²) >= 11 is 0. The van der Waals surface area contributed by atoms with Crippen molar-refractivity contribution in [2.75, 3.05) is 6.54 Å². The largest absolute Gasteiger partial charge is 0.480 e. The number of benzene rings is 1. The molecule has 1 aromatic carbocycles. The van der Waals surface area contributed by atoms with Gasteiger partial charge in [0, 0.05) is 41.9 Å². The standard InChI is InChI=1S/C23H24F2N4O3/c24-15-7-6-14(18(25)11-15)12-29-20-13-28(21(30)5-1-4-19(26)23(31)32)10-8-16(20)17-3-2-9-27-22(17)29/h2-3,6-7,9,11,19H,1,4-5,8,10,12-13,26H2,(H,31,32)/t19-/m0/s1. The Hall–Kier alpha value is -3.33. The summed E-state index contributed by atoms with van der Waals surface area (Å²) in [6.07, 6.45) is 3.13. The maximum atomic E-state index is 14.4. The zero-order valence-corrected chi connectivity index (χ0v) is 17.4. The van der Waals surface area contributed by atoms with Crippen LogP contribution in [0.3, 0.4) is 0 Å². The number of fused-ring (bicyclic) bond motifs is 3. The van der Waals surface area contributed by atoms with Crippen molar-refractivity contribution in [2.24, 2.45) is 5.73 Å². The number of hydrogen-bond acceptors (Lipinski definition) is 4. The van der Waals surface area contributed by atoms with Crippen molar-refractivity contribution in [3.63, 3.8) is 0 Å². The lowest BCUT2D eigenvalue weighted by atomic mass is 10.0. The van der Waals surface area contributed by atoms with Crippen molar-refractivity contribution in [1.82, 2.24) is 14.5 Å². The lowest BCUT2D eigenvalue weighted by molar-refractivity contribution is -0.139. The summed E-state index contributed by atoms with van der Waals surface area (Å²) in [5.41, 5.74) is 8.50. The van der Waals surface area contributed by atoms with Crippen LogP contribution in [-0.4, -0.2) is 44.0 Å². The second-order valence-electron chi connectivity index (χ2n) is 8.02. The fourth-order valence-electron chi connectivity index (χ4n) is 4.22. The SMILES string of the molecule is N[C@@H](CCCC(=O)N1CCc2c(n(Cc3ccc(F)cc3F)c3ncccc23)C1)C(=O)O. The van der Waals surface area contributed by atoms with Crippen LogP contribution in [0.25, 0.3) is 11.0 Å². The normalized spacial score (nSPS) is 14.4. The van der Waals surface area contributed by atoms with E-state index in [0.717, 1.165) is 22.7 Å². The van der Waals surface area contributed by atoms with Crippen LogP contribution >= 0.6 is 0 Å². The van der Waals surface area contributed by atoms with Gasteiger partial charge < -0.3 is 20.3 Å². The van der Waals surface area contributed by atoms with Gasteiger partial charge in [0.15, 0.2) is 0 Å². The molecule has 2 aromatic heterocycles. The van der Waals surface area contributed by atoms with Crippen LogP contribution in [0.4, 0.5) is 8.78 Å². The number of pyridine rings is 1. The predicted octanol–water partition coefficient (Wildman–Crippen LogP) is 2.83. The first kappa shape index (κ1) is 21.9. The average molecular weight is 442 g/mol. The minimum Gasteiger partial charge on any atom is -0.480 e. The van der Waals surface area contributed by atoms with Crippen LogP contribution in [0.5, 0.6) is 0 Å². The van der Waals surface area contributed by atoms with Gasteiger partial charge in [-0.2, -0.15) is 0 Å². The zero-order valence-electron chi connectivity index (χ0n) is 17.4. The van der Waals surface area contributed by atoms with Crippen molar-refractivity contribution < 1.29 is 23.5 Å². The molecule has 1 aliphatic rings. The lowest BCUT2D eigenvalue weighted by Gasteiger charge is -2.29. The van der Waals surface area contributed by atoms with E-state index in [0.29, 0.717) is 37.1 Å². The van der Waals surface area contributed by atoms with Gasteiger partial charge in [0.05, 0.1) is 13.1 Å². The predicted molar refractivity (Wildman–Crippen MR) is 114 cm³/mol. The topological polar surface area (TPSA) is 101 Å². The highest BCUT2D eigenvalue weighted by atomic mass is 19.1. The number of carboxylic acids is 1. The monoisotopic (exact) mass is 442 g/mol. The van der Waals surface area contributed by atoms with Gasteiger partial charge in [-0.1, -0.05) is 6.07 Å². The van der Waals surface area contributed by atoms with Crippen LogP contribution in [-0.2, 0) is 29.1 Å². The van der Waals surface area contributed by atoms with Gasteiger partial charge in [-0.3, -0.25) is 9.59 Å². The molecule has 1 amide bonds. The molecular weight excluding hydrogens is 418 g/mol. The first-order valence-electron chi connectivity index (χ1n) is 10.5. The Kier molecular flexibility index (Phi) is 6.18. The summed E-state index contributed by atoms with van der Waals surface area (Å²) in [7, 11) is 0. The van der Waals surface area contributed by atoms with E-state index in [1.165, 1.54) is 12.1 Å². The smallest absolute Gasteiger partial charge is 0.320 e. The molecule has 1 aliphatic heterocycles. The maximum Gasteiger partial charge on any atom is 0.320 e. The summed E-state index contributed by atoms with van der Waals surface area (Å²) in [4.78, 5) is 29.8. The molecule has 1 atom stereocenters. The summed E-state index contributed by atoms with van der Waals surface area (Å²) < 4.78 is 29.6. The van der Waals surface area contributed by atoms with E-state index in [1.807, 2.05) is 16.7 Å². The Morgan fingerprint density at radius 1 is 1.25 bits per heavy atom. The maximum absolute atomic E-state index is 14.4. The Morgan fingerprint density at radius 3 is 2.81 bits per heavy atom. The van der Waals surface area contributed by atoms with Gasteiger partial charge >= 0.3 is 5.97 Å². The third-order valence-electron chi connectivity index (χ3n) is 5.93. The van der Waals surface area contributed by atoms with Gasteiger partial charge in [0.25, 0.3) is 0 Å². The summed E-state index contributed by atoms with van der Waals surface area (Å²) in [6.45, 7) is 1.05. The molecule has 3 aromatic rings. The Bertz CT molecular complexity index is 1180. The third kappa shape index (κ3) is 4.34. The van der Waals surface area contributed by atoms with Gasteiger partial charge in [-0.25, -0.2) is 13.8 Å². The summed E-state index contributed by atoms with van der Waals surface area (Å²) in [5, 5.41) is 9.85. The number of halogens is 2. The number of nitrogens with two attached hydrogens (primary N) is 1. The van der Waals surface area contributed by atoms with Crippen LogP contribution in [0, 0.1) is 11.6 Å². The Balaban J connectivity index is 1.58. The minimum absolute atomic E-state index is 0.0778. The molecule has 0 spiro atoms. The highest BCUT2D eigenvalue weighted by Crippen LogP contribution is 2.31. The lowest BCUT2D eigenvalue weighted by Crippen LogP contribution is -2.37. The quantitative estimate of drug-likeness (QED) is 0.586. The fraction of sp³-hybridized carbons (Fsp3) is 0.348. The number of carboxylic acid groups (broad SMARTS) is 1. The molecule has 0 radical (unpaired) electrons. The zero-order chi connectivity index (χ0) is 22.8. The van der Waals surface area contributed by atoms with E-state index in [4.69, 9.17) is 10.8 Å². The molecular formula is C23H24F2N4O3. The van der Waals surface area contributed by atoms with Crippen molar-refractivity contribution in [1.29, 1.82) is 0 Å². The minimum atomic E-state index is -1.08. The summed E-state index contributed by atoms with van der Waals surface area (Å²) in [6, 6.07) is 6.33. The van der Waals surface area contributed by atoms with Gasteiger partial charge in [-0.05, 0) is 43.0 Å². The molecule has 0 fully saturated rings. The Labute approximate surface area is 183 Å². The molecule has 32 heavy (non-hydrogen) atoms. The highest BCUT2D eigenvalue weighted by molar-refractivity contribution is 5.84. The first-order chi connectivity index (χ1) is 15.3. The van der Waals surface area contributed by atoms with Gasteiger partial charge in [-0.15, -0.1) is 0 Å². The molecule has 3 N–H and O–H groups in total. The highest BCUT2D eigenvalue weighted by Gasteiger charge is 2.27. The van der Waals surface area contributed by atoms with Gasteiger partial charge in [0.1, 0.15) is 23.3 Å². The van der Waals surface area contributed by atoms with E-state index in [1.54, 1.807) is 11.1 Å². The van der Waals surface area contributed by atoms with E-state index >= 15 is 0 Å². The molecule has 0 unspecified atom stereocenters. The molecule has 9 heteroatoms. The second kappa shape index (κ2) is 9.04. The van der Waals surface area contributed by atoms with Crippen LogP contribution in [0.1, 0.15) is 36.1 Å². The molecule has 0 aliphatic carbocycles. The number of carbonyl (C=O) groups excluding carboxylic acids is 1. The van der Waals surface area contributed by atoms with Crippen molar-refractivity contribution in [3.05, 3.63) is 65.0 Å².